The van der Waals surface area contributed by atoms with Crippen LogP contribution in [0, 0.1) is 0 Å². The van der Waals surface area contributed by atoms with Gasteiger partial charge in [0.25, 0.3) is 0 Å². The Morgan fingerprint density at radius 2 is 2.42 bits per heavy atom. The van der Waals surface area contributed by atoms with Gasteiger partial charge in [0.2, 0.25) is 0 Å². The molecule has 0 radical (unpaired) electrons. The number of hydrogen-bond acceptors (Lipinski definition) is 3. The topological polar surface area (TPSA) is 58.6 Å². The van der Waals surface area contributed by atoms with Gasteiger partial charge in [0.1, 0.15) is 16.4 Å². The Hall–Kier alpha value is -1.42. The quantitative estimate of drug-likeness (QED) is 0.677. The molecule has 0 atom stereocenters. The van der Waals surface area contributed by atoms with Crippen LogP contribution in [-0.2, 0) is 0 Å². The summed E-state index contributed by atoms with van der Waals surface area (Å²) < 4.78 is 0. The molecule has 4 nitrogen and oxygen atoms in total. The fourth-order valence-electron chi connectivity index (χ4n) is 1.02. The first kappa shape index (κ1) is 7.24. The summed E-state index contributed by atoms with van der Waals surface area (Å²) in [5.41, 5.74) is 0.813. The third-order valence-corrected chi connectivity index (χ3v) is 1.85. The normalized spacial score (nSPS) is 10.4. The second kappa shape index (κ2) is 2.57. The van der Waals surface area contributed by atoms with Gasteiger partial charge in [-0.05, 0) is 6.07 Å². The minimum atomic E-state index is 0.302. The number of carbonyl (C=O) groups is 1. The molecular formula is C7H4ClN3O. The molecule has 0 aromatic carbocycles. The highest BCUT2D eigenvalue weighted by Crippen LogP contribution is 2.20. The Morgan fingerprint density at radius 1 is 1.58 bits per heavy atom. The SMILES string of the molecule is O=Cc1nccc2c(Cl)[nH]nc12. The van der Waals surface area contributed by atoms with E-state index in [2.05, 4.69) is 15.2 Å². The first-order valence-corrected chi connectivity index (χ1v) is 3.64. The van der Waals surface area contributed by atoms with Gasteiger partial charge in [-0.25, -0.2) is 0 Å². The van der Waals surface area contributed by atoms with E-state index in [1.807, 2.05) is 0 Å². The average Bonchev–Trinajstić information content (AvgIpc) is 2.48. The fourth-order valence-corrected chi connectivity index (χ4v) is 1.21. The van der Waals surface area contributed by atoms with E-state index < -0.39 is 0 Å². The van der Waals surface area contributed by atoms with Crippen LogP contribution in [0.2, 0.25) is 5.15 Å². The maximum absolute atomic E-state index is 10.5. The maximum atomic E-state index is 10.5. The number of fused-ring (bicyclic) bond motifs is 1. The van der Waals surface area contributed by atoms with Gasteiger partial charge in [-0.15, -0.1) is 0 Å². The number of rotatable bonds is 1. The van der Waals surface area contributed by atoms with Crippen LogP contribution >= 0.6 is 11.6 Å². The first-order valence-electron chi connectivity index (χ1n) is 3.26. The lowest BCUT2D eigenvalue weighted by Crippen LogP contribution is -1.86. The van der Waals surface area contributed by atoms with E-state index in [4.69, 9.17) is 11.6 Å². The molecule has 5 heteroatoms. The Labute approximate surface area is 72.6 Å². The number of carbonyl (C=O) groups excluding carboxylic acids is 1. The highest BCUT2D eigenvalue weighted by molar-refractivity contribution is 6.34. The van der Waals surface area contributed by atoms with Crippen LogP contribution in [0.3, 0.4) is 0 Å². The zero-order valence-electron chi connectivity index (χ0n) is 5.91. The van der Waals surface area contributed by atoms with E-state index in [1.54, 1.807) is 6.07 Å². The molecule has 2 rings (SSSR count). The smallest absolute Gasteiger partial charge is 0.170 e. The fraction of sp³-hybridized carbons (Fsp3) is 0. The average molecular weight is 182 g/mol. The summed E-state index contributed by atoms with van der Waals surface area (Å²) in [7, 11) is 0. The number of halogens is 1. The zero-order valence-corrected chi connectivity index (χ0v) is 6.67. The number of nitrogens with one attached hydrogen (secondary N) is 1. The molecule has 60 valence electrons. The monoisotopic (exact) mass is 181 g/mol. The zero-order chi connectivity index (χ0) is 8.55. The van der Waals surface area contributed by atoms with Gasteiger partial charge in [-0.2, -0.15) is 5.10 Å². The number of aromatic nitrogens is 3. The van der Waals surface area contributed by atoms with Gasteiger partial charge in [0, 0.05) is 11.6 Å². The molecule has 0 aliphatic carbocycles. The summed E-state index contributed by atoms with van der Waals surface area (Å²) in [5, 5.41) is 7.55. The van der Waals surface area contributed by atoms with Crippen molar-refractivity contribution in [1.82, 2.24) is 15.2 Å². The summed E-state index contributed by atoms with van der Waals surface area (Å²) in [6.07, 6.45) is 2.17. The summed E-state index contributed by atoms with van der Waals surface area (Å²) >= 11 is 5.74. The third kappa shape index (κ3) is 0.887. The third-order valence-electron chi connectivity index (χ3n) is 1.57. The molecule has 0 unspecified atom stereocenters. The van der Waals surface area contributed by atoms with Crippen molar-refractivity contribution in [2.45, 2.75) is 0 Å². The molecule has 0 aliphatic heterocycles. The van der Waals surface area contributed by atoms with Crippen molar-refractivity contribution < 1.29 is 4.79 Å². The van der Waals surface area contributed by atoms with Gasteiger partial charge in [-0.1, -0.05) is 11.6 Å². The summed E-state index contributed by atoms with van der Waals surface area (Å²) in [4.78, 5) is 14.3. The van der Waals surface area contributed by atoms with Crippen molar-refractivity contribution in [2.75, 3.05) is 0 Å². The predicted molar refractivity (Wildman–Crippen MR) is 44.3 cm³/mol. The Kier molecular flexibility index (Phi) is 1.55. The molecule has 0 fully saturated rings. The Morgan fingerprint density at radius 3 is 3.17 bits per heavy atom. The number of pyridine rings is 1. The highest BCUT2D eigenvalue weighted by Gasteiger charge is 2.06. The van der Waals surface area contributed by atoms with Crippen LogP contribution in [0.1, 0.15) is 10.5 Å². The lowest BCUT2D eigenvalue weighted by molar-refractivity contribution is 0.112. The number of H-pyrrole nitrogens is 1. The van der Waals surface area contributed by atoms with Crippen LogP contribution in [0.25, 0.3) is 10.9 Å². The van der Waals surface area contributed by atoms with E-state index in [0.717, 1.165) is 0 Å². The molecule has 0 aliphatic rings. The van der Waals surface area contributed by atoms with Crippen LogP contribution in [0.4, 0.5) is 0 Å². The number of hydrogen-bond donors (Lipinski definition) is 1. The van der Waals surface area contributed by atoms with Gasteiger partial charge in [0.15, 0.2) is 6.29 Å². The number of aromatic amines is 1. The molecule has 0 amide bonds. The number of aldehydes is 1. The Bertz CT molecular complexity index is 437. The largest absolute Gasteiger partial charge is 0.296 e. The summed E-state index contributed by atoms with van der Waals surface area (Å²) in [6, 6.07) is 1.70. The van der Waals surface area contributed by atoms with E-state index in [0.29, 0.717) is 28.0 Å². The van der Waals surface area contributed by atoms with Crippen molar-refractivity contribution in [3.05, 3.63) is 23.1 Å². The Balaban J connectivity index is 2.89. The molecule has 2 aromatic rings. The maximum Gasteiger partial charge on any atom is 0.170 e. The van der Waals surface area contributed by atoms with E-state index in [1.165, 1.54) is 6.20 Å². The molecular weight excluding hydrogens is 178 g/mol. The lowest BCUT2D eigenvalue weighted by Gasteiger charge is -1.89. The van der Waals surface area contributed by atoms with Crippen molar-refractivity contribution >= 4 is 28.8 Å². The van der Waals surface area contributed by atoms with Gasteiger partial charge >= 0.3 is 0 Å². The minimum absolute atomic E-state index is 0.302. The second-order valence-corrected chi connectivity index (χ2v) is 2.63. The van der Waals surface area contributed by atoms with E-state index in [-0.39, 0.29) is 0 Å². The first-order chi connectivity index (χ1) is 5.83. The van der Waals surface area contributed by atoms with Crippen LogP contribution in [-0.4, -0.2) is 21.5 Å². The highest BCUT2D eigenvalue weighted by atomic mass is 35.5. The van der Waals surface area contributed by atoms with Gasteiger partial charge < -0.3 is 0 Å². The molecule has 1 N–H and O–H groups in total. The standard InChI is InChI=1S/C7H4ClN3O/c8-7-4-1-2-9-5(3-12)6(4)10-11-7/h1-3H,(H,10,11). The van der Waals surface area contributed by atoms with Gasteiger partial charge in [0.05, 0.1) is 0 Å². The molecule has 2 aromatic heterocycles. The summed E-state index contributed by atoms with van der Waals surface area (Å²) in [5.74, 6) is 0. The van der Waals surface area contributed by atoms with Crippen molar-refractivity contribution in [3.63, 3.8) is 0 Å². The lowest BCUT2D eigenvalue weighted by atomic mass is 10.3. The van der Waals surface area contributed by atoms with Crippen LogP contribution in [0.5, 0.6) is 0 Å². The number of nitrogens with zero attached hydrogens (tertiary/aromatic N) is 2. The summed E-state index contributed by atoms with van der Waals surface area (Å²) in [6.45, 7) is 0. The molecule has 0 saturated heterocycles. The molecule has 0 saturated carbocycles. The molecule has 0 bridgehead atoms. The second-order valence-electron chi connectivity index (χ2n) is 2.25. The molecule has 12 heavy (non-hydrogen) atoms. The van der Waals surface area contributed by atoms with Crippen molar-refractivity contribution in [1.29, 1.82) is 0 Å². The minimum Gasteiger partial charge on any atom is -0.296 e. The van der Waals surface area contributed by atoms with E-state index in [9.17, 15) is 4.79 Å². The van der Waals surface area contributed by atoms with Crippen molar-refractivity contribution in [3.8, 4) is 0 Å². The van der Waals surface area contributed by atoms with E-state index >= 15 is 0 Å². The van der Waals surface area contributed by atoms with Crippen LogP contribution in [0.15, 0.2) is 12.3 Å². The van der Waals surface area contributed by atoms with Gasteiger partial charge in [-0.3, -0.25) is 14.9 Å². The predicted octanol–water partition coefficient (Wildman–Crippen LogP) is 1.42. The van der Waals surface area contributed by atoms with Crippen molar-refractivity contribution in [2.24, 2.45) is 0 Å². The molecule has 0 spiro atoms. The molecule has 2 heterocycles. The van der Waals surface area contributed by atoms with Crippen LogP contribution < -0.4 is 0 Å².